The van der Waals surface area contributed by atoms with Crippen LogP contribution in [0.25, 0.3) is 0 Å². The van der Waals surface area contributed by atoms with Crippen LogP contribution < -0.4 is 0 Å². The van der Waals surface area contributed by atoms with E-state index in [1.54, 1.807) is 11.3 Å². The molecule has 0 spiro atoms. The zero-order valence-electron chi connectivity index (χ0n) is 10.4. The average Bonchev–Trinajstić information content (AvgIpc) is 2.59. The van der Waals surface area contributed by atoms with Gasteiger partial charge in [-0.25, -0.2) is 0 Å². The van der Waals surface area contributed by atoms with Gasteiger partial charge >= 0.3 is 0 Å². The van der Waals surface area contributed by atoms with Crippen molar-refractivity contribution in [1.82, 2.24) is 0 Å². The molecule has 90 valence electrons. The van der Waals surface area contributed by atoms with Crippen molar-refractivity contribution in [2.45, 2.75) is 33.1 Å². The summed E-state index contributed by atoms with van der Waals surface area (Å²) in [6.07, 6.45) is 4.23. The van der Waals surface area contributed by atoms with Crippen LogP contribution in [0.2, 0.25) is 0 Å². The fourth-order valence-electron chi connectivity index (χ4n) is 4.73. The third-order valence-corrected chi connectivity index (χ3v) is 6.31. The van der Waals surface area contributed by atoms with E-state index >= 15 is 0 Å². The Kier molecular flexibility index (Phi) is 1.96. The van der Waals surface area contributed by atoms with Gasteiger partial charge in [0, 0.05) is 21.2 Å². The van der Waals surface area contributed by atoms with Crippen LogP contribution >= 0.6 is 11.3 Å². The van der Waals surface area contributed by atoms with Gasteiger partial charge in [0.15, 0.2) is 5.78 Å². The summed E-state index contributed by atoms with van der Waals surface area (Å²) in [5.74, 6) is 4.24. The van der Waals surface area contributed by atoms with E-state index in [0.717, 1.165) is 29.2 Å². The fourth-order valence-corrected chi connectivity index (χ4v) is 5.66. The molecule has 3 saturated carbocycles. The number of rotatable bonds is 2. The van der Waals surface area contributed by atoms with Crippen molar-refractivity contribution in [3.8, 4) is 0 Å². The molecule has 1 heterocycles. The van der Waals surface area contributed by atoms with Crippen LogP contribution in [0.3, 0.4) is 0 Å². The lowest BCUT2D eigenvalue weighted by atomic mass is 9.96. The van der Waals surface area contributed by atoms with Crippen LogP contribution in [0.5, 0.6) is 0 Å². The summed E-state index contributed by atoms with van der Waals surface area (Å²) in [5.41, 5.74) is 1.03. The third-order valence-electron chi connectivity index (χ3n) is 5.34. The number of thiophene rings is 1. The Morgan fingerprint density at radius 2 is 1.88 bits per heavy atom. The van der Waals surface area contributed by atoms with Crippen LogP contribution in [-0.2, 0) is 0 Å². The molecule has 1 aromatic heterocycles. The van der Waals surface area contributed by atoms with Crippen LogP contribution in [0.15, 0.2) is 6.07 Å². The Hall–Kier alpha value is -0.630. The molecule has 2 bridgehead atoms. The van der Waals surface area contributed by atoms with Gasteiger partial charge in [0.1, 0.15) is 0 Å². The fraction of sp³-hybridized carbons (Fsp3) is 0.667. The molecule has 2 heteroatoms. The van der Waals surface area contributed by atoms with Gasteiger partial charge in [0.25, 0.3) is 0 Å². The summed E-state index contributed by atoms with van der Waals surface area (Å²) in [7, 11) is 0. The van der Waals surface area contributed by atoms with Crippen molar-refractivity contribution in [3.63, 3.8) is 0 Å². The maximum atomic E-state index is 12.6. The van der Waals surface area contributed by atoms with Crippen LogP contribution in [0.4, 0.5) is 0 Å². The summed E-state index contributed by atoms with van der Waals surface area (Å²) in [5, 5.41) is 0. The van der Waals surface area contributed by atoms with E-state index in [0.29, 0.717) is 11.7 Å². The standard InChI is InChI=1S/C15H18OS/c1-7-5-11(8(2)17-7)15(16)14-12-9-3-4-10(6-9)13(12)14/h5,9-10,12-14H,3-4,6H2,1-2H3. The predicted molar refractivity (Wildman–Crippen MR) is 69.4 cm³/mol. The highest BCUT2D eigenvalue weighted by Crippen LogP contribution is 2.70. The molecule has 3 fully saturated rings. The molecule has 1 nitrogen and oxygen atoms in total. The molecule has 0 amide bonds. The van der Waals surface area contributed by atoms with Gasteiger partial charge in [-0.3, -0.25) is 4.79 Å². The number of fused-ring (bicyclic) bond motifs is 5. The Morgan fingerprint density at radius 1 is 1.24 bits per heavy atom. The van der Waals surface area contributed by atoms with E-state index in [4.69, 9.17) is 0 Å². The predicted octanol–water partition coefficient (Wildman–Crippen LogP) is 3.84. The van der Waals surface area contributed by atoms with Gasteiger partial charge in [-0.2, -0.15) is 0 Å². The maximum Gasteiger partial charge on any atom is 0.167 e. The quantitative estimate of drug-likeness (QED) is 0.725. The minimum absolute atomic E-state index is 0.411. The van der Waals surface area contributed by atoms with Crippen molar-refractivity contribution >= 4 is 17.1 Å². The van der Waals surface area contributed by atoms with E-state index in [2.05, 4.69) is 19.9 Å². The van der Waals surface area contributed by atoms with E-state index in [1.807, 2.05) is 0 Å². The lowest BCUT2D eigenvalue weighted by Crippen LogP contribution is -2.10. The molecule has 0 radical (unpaired) electrons. The molecule has 3 aliphatic rings. The molecule has 17 heavy (non-hydrogen) atoms. The molecule has 0 aliphatic heterocycles. The second kappa shape index (κ2) is 3.23. The molecular weight excluding hydrogens is 228 g/mol. The number of carbonyl (C=O) groups excluding carboxylic acids is 1. The zero-order chi connectivity index (χ0) is 11.7. The number of hydrogen-bond acceptors (Lipinski definition) is 2. The van der Waals surface area contributed by atoms with Crippen LogP contribution in [0, 0.1) is 43.4 Å². The lowest BCUT2D eigenvalue weighted by Gasteiger charge is -2.07. The Balaban J connectivity index is 1.62. The summed E-state index contributed by atoms with van der Waals surface area (Å²) in [6, 6.07) is 2.11. The van der Waals surface area contributed by atoms with Gasteiger partial charge in [-0.15, -0.1) is 11.3 Å². The first-order valence-electron chi connectivity index (χ1n) is 6.78. The number of Topliss-reactive ketones (excluding diaryl/α,β-unsaturated/α-hetero) is 1. The van der Waals surface area contributed by atoms with Crippen molar-refractivity contribution < 1.29 is 4.79 Å². The Labute approximate surface area is 106 Å². The van der Waals surface area contributed by atoms with Gasteiger partial charge < -0.3 is 0 Å². The first-order valence-corrected chi connectivity index (χ1v) is 7.59. The minimum Gasteiger partial charge on any atom is -0.294 e. The summed E-state index contributed by atoms with van der Waals surface area (Å²) in [6.45, 7) is 4.20. The third kappa shape index (κ3) is 1.28. The largest absolute Gasteiger partial charge is 0.294 e. The molecule has 4 rings (SSSR count). The van der Waals surface area contributed by atoms with Gasteiger partial charge in [0.2, 0.25) is 0 Å². The highest BCUT2D eigenvalue weighted by atomic mass is 32.1. The van der Waals surface area contributed by atoms with Gasteiger partial charge in [-0.05, 0) is 62.8 Å². The van der Waals surface area contributed by atoms with Crippen molar-refractivity contribution in [3.05, 3.63) is 21.4 Å². The Bertz CT molecular complexity index is 485. The van der Waals surface area contributed by atoms with Gasteiger partial charge in [-0.1, -0.05) is 0 Å². The minimum atomic E-state index is 0.411. The van der Waals surface area contributed by atoms with Crippen LogP contribution in [0.1, 0.15) is 39.4 Å². The molecule has 4 atom stereocenters. The first-order chi connectivity index (χ1) is 8.16. The SMILES string of the molecule is Cc1cc(C(=O)C2C3C4CCC(C4)C23)c(C)s1. The van der Waals surface area contributed by atoms with E-state index in [1.165, 1.54) is 29.0 Å². The smallest absolute Gasteiger partial charge is 0.167 e. The van der Waals surface area contributed by atoms with Crippen molar-refractivity contribution in [2.24, 2.45) is 29.6 Å². The van der Waals surface area contributed by atoms with Crippen molar-refractivity contribution in [2.75, 3.05) is 0 Å². The lowest BCUT2D eigenvalue weighted by molar-refractivity contribution is 0.0944. The molecule has 1 aromatic rings. The number of ketones is 1. The molecule has 0 N–H and O–H groups in total. The number of hydrogen-bond donors (Lipinski definition) is 0. The highest BCUT2D eigenvalue weighted by Gasteiger charge is 2.67. The first kappa shape index (κ1) is 10.3. The van der Waals surface area contributed by atoms with E-state index in [-0.39, 0.29) is 0 Å². The number of carbonyl (C=O) groups is 1. The van der Waals surface area contributed by atoms with E-state index in [9.17, 15) is 4.79 Å². The van der Waals surface area contributed by atoms with E-state index < -0.39 is 0 Å². The topological polar surface area (TPSA) is 17.1 Å². The normalized spacial score (nSPS) is 41.6. The summed E-state index contributed by atoms with van der Waals surface area (Å²) >= 11 is 1.77. The second-order valence-corrected chi connectivity index (χ2v) is 7.67. The molecule has 3 aliphatic carbocycles. The molecule has 0 aromatic carbocycles. The maximum absolute atomic E-state index is 12.6. The second-order valence-electron chi connectivity index (χ2n) is 6.20. The van der Waals surface area contributed by atoms with Crippen molar-refractivity contribution in [1.29, 1.82) is 0 Å². The molecule has 0 saturated heterocycles. The van der Waals surface area contributed by atoms with Gasteiger partial charge in [0.05, 0.1) is 0 Å². The molecule has 4 unspecified atom stereocenters. The number of aryl methyl sites for hydroxylation is 2. The summed E-state index contributed by atoms with van der Waals surface area (Å²) in [4.78, 5) is 15.1. The summed E-state index contributed by atoms with van der Waals surface area (Å²) < 4.78 is 0. The van der Waals surface area contributed by atoms with Crippen LogP contribution in [-0.4, -0.2) is 5.78 Å². The molecular formula is C15H18OS. The highest BCUT2D eigenvalue weighted by molar-refractivity contribution is 7.12. The Morgan fingerprint density at radius 3 is 2.41 bits per heavy atom. The zero-order valence-corrected chi connectivity index (χ0v) is 11.2. The average molecular weight is 246 g/mol. The monoisotopic (exact) mass is 246 g/mol.